The molecule has 0 saturated carbocycles. The second kappa shape index (κ2) is 4.22. The first kappa shape index (κ1) is 11.7. The van der Waals surface area contributed by atoms with Crippen molar-refractivity contribution >= 4 is 16.9 Å². The Labute approximate surface area is 99.8 Å². The zero-order chi connectivity index (χ0) is 12.5. The van der Waals surface area contributed by atoms with E-state index in [2.05, 4.69) is 5.32 Å². The van der Waals surface area contributed by atoms with E-state index in [0.717, 1.165) is 16.5 Å². The minimum Gasteiger partial charge on any atom is -0.464 e. The van der Waals surface area contributed by atoms with Crippen LogP contribution in [-0.2, 0) is 11.3 Å². The van der Waals surface area contributed by atoms with Crippen molar-refractivity contribution in [2.24, 2.45) is 5.73 Å². The van der Waals surface area contributed by atoms with Crippen LogP contribution >= 0.6 is 0 Å². The number of rotatable bonds is 3. The molecule has 0 aliphatic heterocycles. The van der Waals surface area contributed by atoms with Crippen LogP contribution in [0.5, 0.6) is 0 Å². The van der Waals surface area contributed by atoms with Crippen molar-refractivity contribution in [2.75, 3.05) is 0 Å². The first-order valence-corrected chi connectivity index (χ1v) is 5.51. The lowest BCUT2D eigenvalue weighted by Gasteiger charge is -2.17. The summed E-state index contributed by atoms with van der Waals surface area (Å²) in [6.45, 7) is 3.78. The van der Waals surface area contributed by atoms with Crippen LogP contribution in [0.2, 0.25) is 0 Å². The fourth-order valence-electron chi connectivity index (χ4n) is 1.57. The first-order valence-electron chi connectivity index (χ1n) is 5.51. The van der Waals surface area contributed by atoms with Gasteiger partial charge in [-0.25, -0.2) is 0 Å². The molecular weight excluding hydrogens is 216 g/mol. The van der Waals surface area contributed by atoms with Crippen LogP contribution in [-0.4, -0.2) is 11.4 Å². The molecule has 0 bridgehead atoms. The molecule has 0 atom stereocenters. The highest BCUT2D eigenvalue weighted by atomic mass is 16.3. The fourth-order valence-corrected chi connectivity index (χ4v) is 1.57. The van der Waals surface area contributed by atoms with E-state index in [4.69, 9.17) is 10.2 Å². The molecule has 0 unspecified atom stereocenters. The third-order valence-electron chi connectivity index (χ3n) is 2.59. The van der Waals surface area contributed by atoms with Gasteiger partial charge < -0.3 is 15.5 Å². The molecule has 1 heterocycles. The average Bonchev–Trinajstić information content (AvgIpc) is 2.68. The molecular formula is C13H16N2O2. The van der Waals surface area contributed by atoms with Gasteiger partial charge in [-0.2, -0.15) is 0 Å². The number of para-hydroxylation sites is 1. The smallest absolute Gasteiger partial charge is 0.239 e. The van der Waals surface area contributed by atoms with Crippen LogP contribution in [0.4, 0.5) is 0 Å². The molecule has 4 nitrogen and oxygen atoms in total. The third kappa shape index (κ3) is 2.47. The average molecular weight is 232 g/mol. The number of amides is 1. The molecule has 3 N–H and O–H groups in total. The van der Waals surface area contributed by atoms with Gasteiger partial charge in [-0.3, -0.25) is 4.79 Å². The van der Waals surface area contributed by atoms with Crippen molar-refractivity contribution in [1.82, 2.24) is 5.32 Å². The Kier molecular flexibility index (Phi) is 2.90. The molecule has 1 amide bonds. The maximum absolute atomic E-state index is 11.6. The lowest BCUT2D eigenvalue weighted by atomic mass is 10.1. The summed E-state index contributed by atoms with van der Waals surface area (Å²) in [6.07, 6.45) is 1.66. The van der Waals surface area contributed by atoms with Crippen molar-refractivity contribution in [3.8, 4) is 0 Å². The summed E-state index contributed by atoms with van der Waals surface area (Å²) in [5.74, 6) is -0.178. The summed E-state index contributed by atoms with van der Waals surface area (Å²) in [5.41, 5.74) is 6.61. The van der Waals surface area contributed by atoms with Crippen LogP contribution in [0.1, 0.15) is 19.4 Å². The summed E-state index contributed by atoms with van der Waals surface area (Å²) in [4.78, 5) is 11.6. The van der Waals surface area contributed by atoms with Gasteiger partial charge in [-0.15, -0.1) is 0 Å². The van der Waals surface area contributed by atoms with Gasteiger partial charge in [0.25, 0.3) is 0 Å². The standard InChI is InChI=1S/C13H16N2O2/c1-13(2,14)12(16)15-7-9-8-17-11-6-4-3-5-10(9)11/h3-6,8H,7,14H2,1-2H3,(H,15,16). The zero-order valence-corrected chi connectivity index (χ0v) is 9.99. The van der Waals surface area contributed by atoms with E-state index in [1.54, 1.807) is 20.1 Å². The van der Waals surface area contributed by atoms with E-state index >= 15 is 0 Å². The molecule has 0 aliphatic rings. The predicted molar refractivity (Wildman–Crippen MR) is 66.3 cm³/mol. The summed E-state index contributed by atoms with van der Waals surface area (Å²) < 4.78 is 5.38. The van der Waals surface area contributed by atoms with Gasteiger partial charge in [0.2, 0.25) is 5.91 Å². The summed E-state index contributed by atoms with van der Waals surface area (Å²) in [5, 5.41) is 3.81. The van der Waals surface area contributed by atoms with Gasteiger partial charge in [0.15, 0.2) is 0 Å². The second-order valence-electron chi connectivity index (χ2n) is 4.66. The number of carbonyl (C=O) groups excluding carboxylic acids is 1. The Hall–Kier alpha value is -1.81. The summed E-state index contributed by atoms with van der Waals surface area (Å²) in [7, 11) is 0. The Morgan fingerprint density at radius 2 is 2.12 bits per heavy atom. The van der Waals surface area contributed by atoms with E-state index in [1.807, 2.05) is 24.3 Å². The van der Waals surface area contributed by atoms with E-state index in [1.165, 1.54) is 0 Å². The Balaban J connectivity index is 2.12. The van der Waals surface area contributed by atoms with Gasteiger partial charge >= 0.3 is 0 Å². The van der Waals surface area contributed by atoms with Gasteiger partial charge in [-0.1, -0.05) is 18.2 Å². The quantitative estimate of drug-likeness (QED) is 0.847. The summed E-state index contributed by atoms with van der Waals surface area (Å²) in [6, 6.07) is 7.72. The van der Waals surface area contributed by atoms with E-state index in [0.29, 0.717) is 6.54 Å². The highest BCUT2D eigenvalue weighted by Crippen LogP contribution is 2.20. The Morgan fingerprint density at radius 1 is 1.41 bits per heavy atom. The highest BCUT2D eigenvalue weighted by Gasteiger charge is 2.21. The van der Waals surface area contributed by atoms with Gasteiger partial charge in [0.1, 0.15) is 5.58 Å². The van der Waals surface area contributed by atoms with Crippen LogP contribution in [0.25, 0.3) is 11.0 Å². The van der Waals surface area contributed by atoms with Crippen LogP contribution in [0.15, 0.2) is 34.9 Å². The number of nitrogens with two attached hydrogens (primary N) is 1. The number of hydrogen-bond donors (Lipinski definition) is 2. The van der Waals surface area contributed by atoms with Gasteiger partial charge in [0.05, 0.1) is 11.8 Å². The molecule has 0 radical (unpaired) electrons. The third-order valence-corrected chi connectivity index (χ3v) is 2.59. The number of hydrogen-bond acceptors (Lipinski definition) is 3. The molecule has 0 fully saturated rings. The van der Waals surface area contributed by atoms with Crippen molar-refractivity contribution in [3.05, 3.63) is 36.1 Å². The van der Waals surface area contributed by atoms with Gasteiger partial charge in [-0.05, 0) is 19.9 Å². The number of nitrogens with one attached hydrogen (secondary N) is 1. The largest absolute Gasteiger partial charge is 0.464 e. The molecule has 1 aromatic heterocycles. The van der Waals surface area contributed by atoms with Crippen molar-refractivity contribution in [3.63, 3.8) is 0 Å². The first-order chi connectivity index (χ1) is 7.98. The number of furan rings is 1. The van der Waals surface area contributed by atoms with Crippen LogP contribution in [0, 0.1) is 0 Å². The normalized spacial score (nSPS) is 11.7. The van der Waals surface area contributed by atoms with Crippen molar-refractivity contribution < 1.29 is 9.21 Å². The molecule has 0 saturated heterocycles. The highest BCUT2D eigenvalue weighted by molar-refractivity contribution is 5.86. The van der Waals surface area contributed by atoms with Crippen molar-refractivity contribution in [1.29, 1.82) is 0 Å². The van der Waals surface area contributed by atoms with Crippen molar-refractivity contribution in [2.45, 2.75) is 25.9 Å². The van der Waals surface area contributed by atoms with E-state index < -0.39 is 5.54 Å². The number of carbonyl (C=O) groups is 1. The molecule has 17 heavy (non-hydrogen) atoms. The van der Waals surface area contributed by atoms with Gasteiger partial charge in [0, 0.05) is 17.5 Å². The molecule has 0 spiro atoms. The molecule has 0 aliphatic carbocycles. The maximum Gasteiger partial charge on any atom is 0.239 e. The molecule has 4 heteroatoms. The molecule has 1 aromatic carbocycles. The molecule has 2 rings (SSSR count). The van der Waals surface area contributed by atoms with E-state index in [-0.39, 0.29) is 5.91 Å². The lowest BCUT2D eigenvalue weighted by Crippen LogP contribution is -2.48. The minimum atomic E-state index is -0.862. The number of fused-ring (bicyclic) bond motifs is 1. The predicted octanol–water partition coefficient (Wildman–Crippen LogP) is 1.79. The van der Waals surface area contributed by atoms with E-state index in [9.17, 15) is 4.79 Å². The van der Waals surface area contributed by atoms with Crippen LogP contribution < -0.4 is 11.1 Å². The maximum atomic E-state index is 11.6. The Morgan fingerprint density at radius 3 is 2.82 bits per heavy atom. The Bertz CT molecular complexity index is 538. The SMILES string of the molecule is CC(C)(N)C(=O)NCc1coc2ccccc12. The monoisotopic (exact) mass is 232 g/mol. The molecule has 2 aromatic rings. The zero-order valence-electron chi connectivity index (χ0n) is 9.99. The second-order valence-corrected chi connectivity index (χ2v) is 4.66. The lowest BCUT2D eigenvalue weighted by molar-refractivity contribution is -0.125. The van der Waals surface area contributed by atoms with Crippen LogP contribution in [0.3, 0.4) is 0 Å². The topological polar surface area (TPSA) is 68.3 Å². The minimum absolute atomic E-state index is 0.178. The molecule has 90 valence electrons. The summed E-state index contributed by atoms with van der Waals surface area (Å²) >= 11 is 0. The number of benzene rings is 1. The fraction of sp³-hybridized carbons (Fsp3) is 0.308.